The highest BCUT2D eigenvalue weighted by Crippen LogP contribution is 2.26. The van der Waals surface area contributed by atoms with E-state index in [4.69, 9.17) is 14.2 Å². The van der Waals surface area contributed by atoms with Gasteiger partial charge in [0.2, 0.25) is 0 Å². The average molecular weight is 202 g/mol. The van der Waals surface area contributed by atoms with Gasteiger partial charge in [0.05, 0.1) is 19.8 Å². The summed E-state index contributed by atoms with van der Waals surface area (Å²) in [5.74, 6) is 0. The van der Waals surface area contributed by atoms with Gasteiger partial charge >= 0.3 is 0 Å². The van der Waals surface area contributed by atoms with E-state index in [2.05, 4.69) is 13.8 Å². The van der Waals surface area contributed by atoms with Crippen LogP contribution in [0.4, 0.5) is 0 Å². The fourth-order valence-electron chi connectivity index (χ4n) is 1.54. The van der Waals surface area contributed by atoms with Crippen LogP contribution in [0.5, 0.6) is 0 Å². The molecule has 14 heavy (non-hydrogen) atoms. The van der Waals surface area contributed by atoms with Crippen molar-refractivity contribution in [1.82, 2.24) is 0 Å². The minimum Gasteiger partial charge on any atom is -0.381 e. The van der Waals surface area contributed by atoms with Crippen molar-refractivity contribution in [2.24, 2.45) is 5.41 Å². The standard InChI is InChI=1S/C11H22O3/c1-3-5-6-12-7-11(4-2)8-13-10-14-9-11/h3-10H2,1-2H3. The van der Waals surface area contributed by atoms with Gasteiger partial charge in [-0.3, -0.25) is 0 Å². The number of unbranched alkanes of at least 4 members (excludes halogenated alkanes) is 1. The lowest BCUT2D eigenvalue weighted by Crippen LogP contribution is -2.40. The Bertz CT molecular complexity index is 141. The number of rotatable bonds is 6. The SMILES string of the molecule is CCCCOCC1(CC)COCOC1. The van der Waals surface area contributed by atoms with E-state index in [0.29, 0.717) is 6.79 Å². The fourth-order valence-corrected chi connectivity index (χ4v) is 1.54. The molecule has 1 aliphatic rings. The summed E-state index contributed by atoms with van der Waals surface area (Å²) in [7, 11) is 0. The lowest BCUT2D eigenvalue weighted by molar-refractivity contribution is -0.182. The Balaban J connectivity index is 2.22. The van der Waals surface area contributed by atoms with Gasteiger partial charge < -0.3 is 14.2 Å². The molecule has 0 aromatic rings. The molecular weight excluding hydrogens is 180 g/mol. The third kappa shape index (κ3) is 3.56. The molecule has 0 N–H and O–H groups in total. The van der Waals surface area contributed by atoms with Crippen molar-refractivity contribution in [1.29, 1.82) is 0 Å². The third-order valence-electron chi connectivity index (χ3n) is 2.78. The molecule has 1 aliphatic heterocycles. The normalized spacial score (nSPS) is 21.0. The molecule has 0 atom stereocenters. The van der Waals surface area contributed by atoms with E-state index in [1.54, 1.807) is 0 Å². The van der Waals surface area contributed by atoms with Crippen molar-refractivity contribution in [2.75, 3.05) is 33.2 Å². The highest BCUT2D eigenvalue weighted by atomic mass is 16.7. The van der Waals surface area contributed by atoms with Gasteiger partial charge in [-0.1, -0.05) is 20.3 Å². The molecule has 1 saturated heterocycles. The number of hydrogen-bond acceptors (Lipinski definition) is 3. The van der Waals surface area contributed by atoms with E-state index in [1.807, 2.05) is 0 Å². The molecule has 0 radical (unpaired) electrons. The second-order valence-electron chi connectivity index (χ2n) is 4.07. The zero-order valence-corrected chi connectivity index (χ0v) is 9.38. The number of hydrogen-bond donors (Lipinski definition) is 0. The van der Waals surface area contributed by atoms with Crippen molar-refractivity contribution in [3.8, 4) is 0 Å². The molecule has 0 saturated carbocycles. The van der Waals surface area contributed by atoms with Crippen LogP contribution in [0.2, 0.25) is 0 Å². The van der Waals surface area contributed by atoms with E-state index in [9.17, 15) is 0 Å². The lowest BCUT2D eigenvalue weighted by Gasteiger charge is -2.35. The minimum atomic E-state index is 0.103. The van der Waals surface area contributed by atoms with Crippen molar-refractivity contribution >= 4 is 0 Å². The Morgan fingerprint density at radius 2 is 1.93 bits per heavy atom. The fraction of sp³-hybridized carbons (Fsp3) is 1.00. The van der Waals surface area contributed by atoms with Crippen molar-refractivity contribution in [3.05, 3.63) is 0 Å². The summed E-state index contributed by atoms with van der Waals surface area (Å²) < 4.78 is 16.3. The van der Waals surface area contributed by atoms with Gasteiger partial charge in [-0.2, -0.15) is 0 Å². The highest BCUT2D eigenvalue weighted by molar-refractivity contribution is 4.78. The molecule has 1 heterocycles. The van der Waals surface area contributed by atoms with Crippen LogP contribution in [0, 0.1) is 5.41 Å². The maximum atomic E-state index is 5.65. The van der Waals surface area contributed by atoms with E-state index >= 15 is 0 Å². The zero-order chi connectivity index (χ0) is 10.3. The molecule has 0 amide bonds. The summed E-state index contributed by atoms with van der Waals surface area (Å²) in [4.78, 5) is 0. The Morgan fingerprint density at radius 1 is 1.21 bits per heavy atom. The minimum absolute atomic E-state index is 0.103. The first-order valence-electron chi connectivity index (χ1n) is 5.56. The van der Waals surface area contributed by atoms with Crippen molar-refractivity contribution in [3.63, 3.8) is 0 Å². The molecule has 0 unspecified atom stereocenters. The molecule has 0 aromatic heterocycles. The van der Waals surface area contributed by atoms with Crippen LogP contribution in [0.3, 0.4) is 0 Å². The molecule has 0 spiro atoms. The van der Waals surface area contributed by atoms with Gasteiger partial charge in [-0.25, -0.2) is 0 Å². The predicted octanol–water partition coefficient (Wildman–Crippen LogP) is 2.20. The van der Waals surface area contributed by atoms with Crippen LogP contribution in [0.25, 0.3) is 0 Å². The monoisotopic (exact) mass is 202 g/mol. The van der Waals surface area contributed by atoms with Crippen LogP contribution in [-0.4, -0.2) is 33.2 Å². The van der Waals surface area contributed by atoms with Crippen molar-refractivity contribution < 1.29 is 14.2 Å². The van der Waals surface area contributed by atoms with Crippen LogP contribution < -0.4 is 0 Å². The second-order valence-corrected chi connectivity index (χ2v) is 4.07. The largest absolute Gasteiger partial charge is 0.381 e. The summed E-state index contributed by atoms with van der Waals surface area (Å²) in [5, 5.41) is 0. The summed E-state index contributed by atoms with van der Waals surface area (Å²) in [6.45, 7) is 7.96. The highest BCUT2D eigenvalue weighted by Gasteiger charge is 2.32. The molecular formula is C11H22O3. The Hall–Kier alpha value is -0.120. The van der Waals surface area contributed by atoms with Gasteiger partial charge in [0.1, 0.15) is 6.79 Å². The van der Waals surface area contributed by atoms with Gasteiger partial charge in [-0.15, -0.1) is 0 Å². The summed E-state index contributed by atoms with van der Waals surface area (Å²) in [6.07, 6.45) is 3.38. The summed E-state index contributed by atoms with van der Waals surface area (Å²) in [6, 6.07) is 0. The Morgan fingerprint density at radius 3 is 2.50 bits per heavy atom. The first-order valence-corrected chi connectivity index (χ1v) is 5.56. The topological polar surface area (TPSA) is 27.7 Å². The molecule has 3 heteroatoms. The first-order chi connectivity index (χ1) is 6.83. The van der Waals surface area contributed by atoms with Crippen molar-refractivity contribution in [2.45, 2.75) is 33.1 Å². The third-order valence-corrected chi connectivity index (χ3v) is 2.78. The Labute approximate surface area is 86.7 Å². The maximum absolute atomic E-state index is 5.65. The van der Waals surface area contributed by atoms with Crippen LogP contribution in [0.1, 0.15) is 33.1 Å². The summed E-state index contributed by atoms with van der Waals surface area (Å²) in [5.41, 5.74) is 0.103. The summed E-state index contributed by atoms with van der Waals surface area (Å²) >= 11 is 0. The van der Waals surface area contributed by atoms with Crippen LogP contribution in [0.15, 0.2) is 0 Å². The molecule has 0 aliphatic carbocycles. The molecule has 0 aromatic carbocycles. The van der Waals surface area contributed by atoms with Crippen LogP contribution >= 0.6 is 0 Å². The smallest absolute Gasteiger partial charge is 0.146 e. The molecule has 1 fully saturated rings. The zero-order valence-electron chi connectivity index (χ0n) is 9.38. The van der Waals surface area contributed by atoms with Gasteiger partial charge in [-0.05, 0) is 12.8 Å². The molecule has 1 rings (SSSR count). The second kappa shape index (κ2) is 6.38. The van der Waals surface area contributed by atoms with E-state index in [0.717, 1.165) is 39.3 Å². The lowest BCUT2D eigenvalue weighted by atomic mass is 9.87. The first kappa shape index (κ1) is 12.0. The maximum Gasteiger partial charge on any atom is 0.146 e. The quantitative estimate of drug-likeness (QED) is 0.618. The molecule has 0 bridgehead atoms. The van der Waals surface area contributed by atoms with E-state index in [-0.39, 0.29) is 5.41 Å². The van der Waals surface area contributed by atoms with Gasteiger partial charge in [0.25, 0.3) is 0 Å². The molecule has 3 nitrogen and oxygen atoms in total. The number of ether oxygens (including phenoxy) is 3. The van der Waals surface area contributed by atoms with Gasteiger partial charge in [0.15, 0.2) is 0 Å². The van der Waals surface area contributed by atoms with Gasteiger partial charge in [0, 0.05) is 12.0 Å². The predicted molar refractivity (Wildman–Crippen MR) is 55.2 cm³/mol. The van der Waals surface area contributed by atoms with E-state index in [1.165, 1.54) is 6.42 Å². The van der Waals surface area contributed by atoms with Crippen LogP contribution in [-0.2, 0) is 14.2 Å². The average Bonchev–Trinajstić information content (AvgIpc) is 2.26. The molecule has 84 valence electrons. The Kier molecular flexibility index (Phi) is 5.45. The van der Waals surface area contributed by atoms with E-state index < -0.39 is 0 Å².